The number of esters is 1. The van der Waals surface area contributed by atoms with E-state index in [0.717, 1.165) is 11.3 Å². The number of ether oxygens (including phenoxy) is 1. The molecule has 1 fully saturated rings. The predicted octanol–water partition coefficient (Wildman–Crippen LogP) is 1.37. The van der Waals surface area contributed by atoms with Crippen LogP contribution < -0.4 is 5.32 Å². The topological polar surface area (TPSA) is 55.6 Å². The van der Waals surface area contributed by atoms with E-state index in [1.54, 1.807) is 0 Å². The number of hydrogen-bond acceptors (Lipinski definition) is 4. The minimum Gasteiger partial charge on any atom is -0.464 e. The molecule has 0 amide bonds. The lowest BCUT2D eigenvalue weighted by atomic mass is 10.3. The Hall–Kier alpha value is -1.88. The molecule has 0 radical (unpaired) electrons. The molecule has 1 aliphatic rings. The zero-order valence-corrected chi connectivity index (χ0v) is 10.2. The van der Waals surface area contributed by atoms with E-state index in [2.05, 4.69) is 10.3 Å². The molecule has 0 aromatic carbocycles. The second-order valence-electron chi connectivity index (χ2n) is 4.48. The van der Waals surface area contributed by atoms with Gasteiger partial charge in [-0.25, -0.2) is 9.78 Å². The third-order valence-electron chi connectivity index (χ3n) is 3.13. The second-order valence-corrected chi connectivity index (χ2v) is 4.48. The van der Waals surface area contributed by atoms with Gasteiger partial charge >= 0.3 is 5.97 Å². The Bertz CT molecular complexity index is 587. The molecule has 0 spiro atoms. The molecule has 0 aliphatic heterocycles. The number of nitrogens with one attached hydrogen (secondary N) is 1. The normalized spacial score (nSPS) is 14.9. The Morgan fingerprint density at radius 1 is 1.56 bits per heavy atom. The van der Waals surface area contributed by atoms with Crippen LogP contribution in [0.15, 0.2) is 24.4 Å². The molecule has 1 saturated carbocycles. The van der Waals surface area contributed by atoms with Crippen molar-refractivity contribution in [3.63, 3.8) is 0 Å². The van der Waals surface area contributed by atoms with Gasteiger partial charge in [-0.1, -0.05) is 6.07 Å². The molecule has 5 nitrogen and oxygen atoms in total. The van der Waals surface area contributed by atoms with E-state index in [1.165, 1.54) is 20.0 Å². The lowest BCUT2D eigenvalue weighted by molar-refractivity contribution is 0.0597. The van der Waals surface area contributed by atoms with Crippen LogP contribution in [0.4, 0.5) is 0 Å². The minimum atomic E-state index is -0.392. The number of pyridine rings is 1. The summed E-state index contributed by atoms with van der Waals surface area (Å²) in [5.41, 5.74) is 1.17. The van der Waals surface area contributed by atoms with Crippen LogP contribution in [0.3, 0.4) is 0 Å². The van der Waals surface area contributed by atoms with Gasteiger partial charge in [-0.05, 0) is 25.0 Å². The third-order valence-corrected chi connectivity index (χ3v) is 3.13. The van der Waals surface area contributed by atoms with Crippen molar-refractivity contribution in [2.24, 2.45) is 0 Å². The van der Waals surface area contributed by atoms with Gasteiger partial charge in [0.15, 0.2) is 5.69 Å². The van der Waals surface area contributed by atoms with Crippen molar-refractivity contribution in [2.45, 2.75) is 25.4 Å². The van der Waals surface area contributed by atoms with Gasteiger partial charge in [0.1, 0.15) is 5.82 Å². The summed E-state index contributed by atoms with van der Waals surface area (Å²) in [5, 5.41) is 3.40. The highest BCUT2D eigenvalue weighted by Gasteiger charge is 2.22. The Kier molecular flexibility index (Phi) is 2.76. The third kappa shape index (κ3) is 1.97. The lowest BCUT2D eigenvalue weighted by Gasteiger charge is -2.01. The smallest absolute Gasteiger partial charge is 0.358 e. The van der Waals surface area contributed by atoms with Gasteiger partial charge in [0.2, 0.25) is 0 Å². The highest BCUT2D eigenvalue weighted by atomic mass is 16.5. The summed E-state index contributed by atoms with van der Waals surface area (Å²) in [6.45, 7) is 0.673. The van der Waals surface area contributed by atoms with Crippen molar-refractivity contribution in [3.8, 4) is 0 Å². The monoisotopic (exact) mass is 245 g/mol. The molecule has 1 N–H and O–H groups in total. The van der Waals surface area contributed by atoms with Crippen LogP contribution in [-0.4, -0.2) is 28.5 Å². The number of hydrogen-bond donors (Lipinski definition) is 1. The first-order valence-corrected chi connectivity index (χ1v) is 6.07. The number of fused-ring (bicyclic) bond motifs is 1. The van der Waals surface area contributed by atoms with Gasteiger partial charge in [-0.2, -0.15) is 0 Å². The van der Waals surface area contributed by atoms with Gasteiger partial charge in [0.05, 0.1) is 19.2 Å². The molecular weight excluding hydrogens is 230 g/mol. The van der Waals surface area contributed by atoms with Crippen LogP contribution in [0.2, 0.25) is 0 Å². The first-order valence-electron chi connectivity index (χ1n) is 6.07. The van der Waals surface area contributed by atoms with Crippen LogP contribution in [0.1, 0.15) is 29.2 Å². The summed E-state index contributed by atoms with van der Waals surface area (Å²) < 4.78 is 6.69. The van der Waals surface area contributed by atoms with Gasteiger partial charge in [0, 0.05) is 12.2 Å². The quantitative estimate of drug-likeness (QED) is 0.827. The van der Waals surface area contributed by atoms with E-state index in [9.17, 15) is 4.79 Å². The standard InChI is InChI=1S/C13H15N3O2/c1-18-13(17)12-10-4-2-3-7-16(10)11(15-12)8-14-9-5-6-9/h2-4,7,9,14H,5-6,8H2,1H3. The summed E-state index contributed by atoms with van der Waals surface area (Å²) in [6.07, 6.45) is 4.37. The highest BCUT2D eigenvalue weighted by molar-refractivity contribution is 5.95. The fourth-order valence-corrected chi connectivity index (χ4v) is 2.00. The van der Waals surface area contributed by atoms with Crippen molar-refractivity contribution in [2.75, 3.05) is 7.11 Å². The Labute approximate surface area is 105 Å². The largest absolute Gasteiger partial charge is 0.464 e. The molecule has 2 aromatic heterocycles. The summed E-state index contributed by atoms with van der Waals surface area (Å²) in [4.78, 5) is 16.1. The molecule has 0 saturated heterocycles. The van der Waals surface area contributed by atoms with E-state index in [-0.39, 0.29) is 0 Å². The predicted molar refractivity (Wildman–Crippen MR) is 66.4 cm³/mol. The Morgan fingerprint density at radius 2 is 2.39 bits per heavy atom. The molecule has 2 aromatic rings. The number of methoxy groups -OCH3 is 1. The average molecular weight is 245 g/mol. The number of carbonyl (C=O) groups is 1. The maximum Gasteiger partial charge on any atom is 0.358 e. The number of rotatable bonds is 4. The van der Waals surface area contributed by atoms with Crippen molar-refractivity contribution in [1.82, 2.24) is 14.7 Å². The van der Waals surface area contributed by atoms with Crippen molar-refractivity contribution in [3.05, 3.63) is 35.9 Å². The fourth-order valence-electron chi connectivity index (χ4n) is 2.00. The molecule has 94 valence electrons. The molecule has 5 heteroatoms. The first kappa shape index (κ1) is 11.2. The molecule has 1 aliphatic carbocycles. The van der Waals surface area contributed by atoms with Crippen molar-refractivity contribution < 1.29 is 9.53 Å². The summed E-state index contributed by atoms with van der Waals surface area (Å²) in [5.74, 6) is 0.453. The summed E-state index contributed by atoms with van der Waals surface area (Å²) in [7, 11) is 1.37. The van der Waals surface area contributed by atoms with Gasteiger partial charge in [0.25, 0.3) is 0 Å². The highest BCUT2D eigenvalue weighted by Crippen LogP contribution is 2.20. The van der Waals surface area contributed by atoms with E-state index in [1.807, 2.05) is 28.8 Å². The average Bonchev–Trinajstić information content (AvgIpc) is 3.17. The van der Waals surface area contributed by atoms with Crippen molar-refractivity contribution in [1.29, 1.82) is 0 Å². The van der Waals surface area contributed by atoms with Crippen LogP contribution in [0, 0.1) is 0 Å². The van der Waals surface area contributed by atoms with Crippen LogP contribution in [0.5, 0.6) is 0 Å². The fraction of sp³-hybridized carbons (Fsp3) is 0.385. The first-order chi connectivity index (χ1) is 8.79. The summed E-state index contributed by atoms with van der Waals surface area (Å²) in [6, 6.07) is 6.31. The van der Waals surface area contributed by atoms with E-state index >= 15 is 0 Å². The zero-order valence-electron chi connectivity index (χ0n) is 10.2. The number of imidazole rings is 1. The second kappa shape index (κ2) is 4.42. The van der Waals surface area contributed by atoms with Crippen molar-refractivity contribution >= 4 is 11.5 Å². The molecule has 0 unspecified atom stereocenters. The molecule has 18 heavy (non-hydrogen) atoms. The van der Waals surface area contributed by atoms with E-state index in [0.29, 0.717) is 18.3 Å². The van der Waals surface area contributed by atoms with Crippen LogP contribution in [-0.2, 0) is 11.3 Å². The van der Waals surface area contributed by atoms with Crippen LogP contribution >= 0.6 is 0 Å². The van der Waals surface area contributed by atoms with Gasteiger partial charge in [-0.15, -0.1) is 0 Å². The maximum absolute atomic E-state index is 11.7. The summed E-state index contributed by atoms with van der Waals surface area (Å²) >= 11 is 0. The SMILES string of the molecule is COC(=O)c1nc(CNC2CC2)n2ccccc12. The van der Waals surface area contributed by atoms with Gasteiger partial charge in [-0.3, -0.25) is 0 Å². The molecule has 0 bridgehead atoms. The van der Waals surface area contributed by atoms with Gasteiger partial charge < -0.3 is 14.5 Å². The zero-order chi connectivity index (χ0) is 12.5. The minimum absolute atomic E-state index is 0.380. The molecular formula is C13H15N3O2. The maximum atomic E-state index is 11.7. The molecule has 3 rings (SSSR count). The van der Waals surface area contributed by atoms with Crippen LogP contribution in [0.25, 0.3) is 5.52 Å². The number of carbonyl (C=O) groups excluding carboxylic acids is 1. The van der Waals surface area contributed by atoms with E-state index < -0.39 is 5.97 Å². The molecule has 2 heterocycles. The lowest BCUT2D eigenvalue weighted by Crippen LogP contribution is -2.17. The Morgan fingerprint density at radius 3 is 3.11 bits per heavy atom. The number of nitrogens with zero attached hydrogens (tertiary/aromatic N) is 2. The Balaban J connectivity index is 1.99. The van der Waals surface area contributed by atoms with E-state index in [4.69, 9.17) is 4.74 Å². The number of aromatic nitrogens is 2. The molecule has 0 atom stereocenters.